The van der Waals surface area contributed by atoms with E-state index in [0.717, 1.165) is 46.8 Å². The molecule has 2 N–H and O–H groups in total. The Labute approximate surface area is 323 Å². The minimum atomic E-state index is -4.70. The molecule has 2 aliphatic rings. The lowest BCUT2D eigenvalue weighted by Gasteiger charge is -2.32. The maximum atomic E-state index is 13.7. The molecule has 13 heteroatoms. The largest absolute Gasteiger partial charge is 0.497 e. The van der Waals surface area contributed by atoms with Crippen LogP contribution in [-0.4, -0.2) is 58.5 Å². The number of hydrogen-bond acceptors (Lipinski definition) is 7. The number of nitrogens with zero attached hydrogens (tertiary/aromatic N) is 3. The number of hydrogen-bond donors (Lipinski definition) is 2. The highest BCUT2D eigenvalue weighted by molar-refractivity contribution is 6.00. The van der Waals surface area contributed by atoms with Crippen molar-refractivity contribution in [3.8, 4) is 22.9 Å². The number of carbonyl (C=O) groups is 3. The predicted molar refractivity (Wildman–Crippen MR) is 205 cm³/mol. The van der Waals surface area contributed by atoms with Crippen molar-refractivity contribution < 1.29 is 42.1 Å². The Bertz CT molecular complexity index is 2060. The van der Waals surface area contributed by atoms with E-state index in [-0.39, 0.29) is 34.9 Å². The molecule has 2 amide bonds. The molecular formula is C43H45F3N4O6. The van der Waals surface area contributed by atoms with E-state index in [1.54, 1.807) is 12.1 Å². The zero-order chi connectivity index (χ0) is 39.8. The van der Waals surface area contributed by atoms with E-state index in [1.807, 2.05) is 24.5 Å². The summed E-state index contributed by atoms with van der Waals surface area (Å²) in [5, 5.41) is 12.2. The van der Waals surface area contributed by atoms with Crippen molar-refractivity contribution in [3.63, 3.8) is 0 Å². The Hall–Kier alpha value is -5.72. The van der Waals surface area contributed by atoms with Gasteiger partial charge in [0, 0.05) is 41.8 Å². The third kappa shape index (κ3) is 9.92. The first-order chi connectivity index (χ1) is 26.9. The number of benzene rings is 3. The first-order valence-electron chi connectivity index (χ1n) is 18.8. The molecule has 10 nitrogen and oxygen atoms in total. The van der Waals surface area contributed by atoms with Crippen LogP contribution in [0.2, 0.25) is 0 Å². The van der Waals surface area contributed by atoms with Crippen molar-refractivity contribution in [2.24, 2.45) is 11.8 Å². The lowest BCUT2D eigenvalue weighted by Crippen LogP contribution is -2.35. The molecule has 0 bridgehead atoms. The Morgan fingerprint density at radius 3 is 2.23 bits per heavy atom. The molecule has 1 unspecified atom stereocenters. The van der Waals surface area contributed by atoms with Crippen molar-refractivity contribution in [3.05, 3.63) is 107 Å². The predicted octanol–water partition coefficient (Wildman–Crippen LogP) is 8.85. The van der Waals surface area contributed by atoms with Crippen LogP contribution >= 0.6 is 0 Å². The molecule has 3 aromatic carbocycles. The van der Waals surface area contributed by atoms with Crippen LogP contribution in [0.1, 0.15) is 84.0 Å². The van der Waals surface area contributed by atoms with Crippen LogP contribution in [0.3, 0.4) is 0 Å². The summed E-state index contributed by atoms with van der Waals surface area (Å²) in [7, 11) is 2.55. The molecule has 4 aromatic rings. The van der Waals surface area contributed by atoms with Crippen molar-refractivity contribution in [2.75, 3.05) is 26.1 Å². The van der Waals surface area contributed by atoms with E-state index in [1.165, 1.54) is 88.6 Å². The minimum absolute atomic E-state index is 0.00494. The van der Waals surface area contributed by atoms with Crippen molar-refractivity contribution in [2.45, 2.75) is 70.5 Å². The summed E-state index contributed by atoms with van der Waals surface area (Å²) in [6, 6.07) is 14.7. The summed E-state index contributed by atoms with van der Waals surface area (Å²) in [4.78, 5) is 48.8. The SMILES string of the molecule is COc1ccc(CC(=O)Nc2ccc(C(=O)N(CC(=O)O)Cc3ccc(-c4ncc(C5=CCC(C6CCCCC6)CC5)cn4)cc3)c(OC)c2)c(C(F)(F)F)c1. The average Bonchev–Trinajstić information content (AvgIpc) is 3.20. The summed E-state index contributed by atoms with van der Waals surface area (Å²) in [5.41, 5.74) is 2.73. The average molecular weight is 771 g/mol. The van der Waals surface area contributed by atoms with Crippen molar-refractivity contribution in [1.82, 2.24) is 14.9 Å². The minimum Gasteiger partial charge on any atom is -0.497 e. The molecule has 0 radical (unpaired) electrons. The van der Waals surface area contributed by atoms with Gasteiger partial charge in [0.05, 0.1) is 31.8 Å². The number of aromatic nitrogens is 2. The Kier molecular flexibility index (Phi) is 12.7. The summed E-state index contributed by atoms with van der Waals surface area (Å²) >= 11 is 0. The lowest BCUT2D eigenvalue weighted by molar-refractivity contribution is -0.139. The van der Waals surface area contributed by atoms with Gasteiger partial charge in [0.2, 0.25) is 5.91 Å². The summed E-state index contributed by atoms with van der Waals surface area (Å²) in [6.07, 6.45) is 11.0. The topological polar surface area (TPSA) is 131 Å². The van der Waals surface area contributed by atoms with Gasteiger partial charge in [0.1, 0.15) is 18.0 Å². The molecule has 1 saturated carbocycles. The molecule has 56 heavy (non-hydrogen) atoms. The van der Waals surface area contributed by atoms with E-state index in [2.05, 4.69) is 21.4 Å². The number of carboxylic acid groups (broad SMARTS) is 1. The van der Waals surface area contributed by atoms with Crippen LogP contribution < -0.4 is 14.8 Å². The second-order valence-corrected chi connectivity index (χ2v) is 14.4. The number of halogens is 3. The van der Waals surface area contributed by atoms with Gasteiger partial charge in [-0.3, -0.25) is 14.4 Å². The number of rotatable bonds is 13. The number of ether oxygens (including phenoxy) is 2. The zero-order valence-electron chi connectivity index (χ0n) is 31.4. The Morgan fingerprint density at radius 1 is 0.875 bits per heavy atom. The number of anilines is 1. The molecule has 6 rings (SSSR count). The van der Waals surface area contributed by atoms with Gasteiger partial charge in [-0.25, -0.2) is 9.97 Å². The second kappa shape index (κ2) is 17.8. The summed E-state index contributed by atoms with van der Waals surface area (Å²) < 4.78 is 51.3. The number of alkyl halides is 3. The van der Waals surface area contributed by atoms with E-state index < -0.39 is 42.5 Å². The quantitative estimate of drug-likeness (QED) is 0.138. The summed E-state index contributed by atoms with van der Waals surface area (Å²) in [6.45, 7) is -0.639. The molecule has 1 fully saturated rings. The van der Waals surface area contributed by atoms with Gasteiger partial charge in [0.15, 0.2) is 5.82 Å². The third-order valence-corrected chi connectivity index (χ3v) is 10.7. The number of nitrogens with one attached hydrogen (secondary N) is 1. The number of carbonyl (C=O) groups excluding carboxylic acids is 2. The van der Waals surface area contributed by atoms with Crippen LogP contribution in [0.4, 0.5) is 18.9 Å². The van der Waals surface area contributed by atoms with Gasteiger partial charge in [-0.2, -0.15) is 13.2 Å². The molecule has 294 valence electrons. The number of methoxy groups -OCH3 is 2. The maximum Gasteiger partial charge on any atom is 0.416 e. The standard InChI is InChI=1S/C43H45F3N4O6/c1-55-35-18-16-32(37(22-35)43(44,45)46)20-39(51)49-34-17-19-36(38(21-34)56-2)42(54)50(26-40(52)53)25-27-8-10-31(11-9-27)41-47-23-33(24-48-41)30-14-12-29(13-15-30)28-6-4-3-5-7-28/h8-11,14,16-19,21-24,28-29H,3-7,12-13,15,20,25-26H2,1-2H3,(H,49,51)(H,52,53). The number of aliphatic carboxylic acids is 1. The lowest BCUT2D eigenvalue weighted by atomic mass is 9.73. The highest BCUT2D eigenvalue weighted by Gasteiger charge is 2.34. The molecule has 2 aliphatic carbocycles. The number of allylic oxidation sites excluding steroid dienone is 2. The van der Waals surface area contributed by atoms with Crippen molar-refractivity contribution in [1.29, 1.82) is 0 Å². The smallest absolute Gasteiger partial charge is 0.416 e. The Morgan fingerprint density at radius 2 is 1.61 bits per heavy atom. The fraction of sp³-hybridized carbons (Fsp3) is 0.372. The van der Waals surface area contributed by atoms with E-state index in [0.29, 0.717) is 11.4 Å². The first kappa shape index (κ1) is 40.0. The van der Waals surface area contributed by atoms with Gasteiger partial charge in [0.25, 0.3) is 5.91 Å². The third-order valence-electron chi connectivity index (χ3n) is 10.7. The molecule has 1 heterocycles. The van der Waals surface area contributed by atoms with Crippen LogP contribution in [0.15, 0.2) is 79.1 Å². The van der Waals surface area contributed by atoms with E-state index in [4.69, 9.17) is 9.47 Å². The van der Waals surface area contributed by atoms with Crippen LogP contribution in [-0.2, 0) is 28.7 Å². The van der Waals surface area contributed by atoms with Gasteiger partial charge in [-0.1, -0.05) is 68.5 Å². The monoisotopic (exact) mass is 770 g/mol. The van der Waals surface area contributed by atoms with E-state index in [9.17, 15) is 32.7 Å². The normalized spacial score (nSPS) is 16.1. The highest BCUT2D eigenvalue weighted by Crippen LogP contribution is 2.40. The van der Waals surface area contributed by atoms with Gasteiger partial charge in [-0.15, -0.1) is 0 Å². The molecule has 0 aliphatic heterocycles. The molecular weight excluding hydrogens is 725 g/mol. The van der Waals surface area contributed by atoms with Crippen LogP contribution in [0.25, 0.3) is 17.0 Å². The molecule has 1 atom stereocenters. The molecule has 0 saturated heterocycles. The second-order valence-electron chi connectivity index (χ2n) is 14.4. The Balaban J connectivity index is 1.10. The fourth-order valence-corrected chi connectivity index (χ4v) is 7.73. The van der Waals surface area contributed by atoms with E-state index >= 15 is 0 Å². The van der Waals surface area contributed by atoms with Gasteiger partial charge >= 0.3 is 12.1 Å². The van der Waals surface area contributed by atoms with Crippen molar-refractivity contribution >= 4 is 29.0 Å². The number of carboxylic acids is 1. The molecule has 0 spiro atoms. The maximum absolute atomic E-state index is 13.7. The molecule has 1 aromatic heterocycles. The summed E-state index contributed by atoms with van der Waals surface area (Å²) in [5.74, 6) is -0.364. The van der Waals surface area contributed by atoms with Gasteiger partial charge < -0.3 is 24.8 Å². The first-order valence-corrected chi connectivity index (χ1v) is 18.8. The van der Waals surface area contributed by atoms with Crippen LogP contribution in [0.5, 0.6) is 11.5 Å². The number of amides is 2. The fourth-order valence-electron chi connectivity index (χ4n) is 7.73. The zero-order valence-corrected chi connectivity index (χ0v) is 31.4. The van der Waals surface area contributed by atoms with Crippen LogP contribution in [0, 0.1) is 11.8 Å². The highest BCUT2D eigenvalue weighted by atomic mass is 19.4. The van der Waals surface area contributed by atoms with Gasteiger partial charge in [-0.05, 0) is 72.1 Å².